The lowest BCUT2D eigenvalue weighted by molar-refractivity contribution is 0.0734. The van der Waals surface area contributed by atoms with Gasteiger partial charge in [0.05, 0.1) is 0 Å². The number of nitrogen functional groups attached to an aromatic ring is 1. The van der Waals surface area contributed by atoms with Gasteiger partial charge in [-0.1, -0.05) is 25.2 Å². The van der Waals surface area contributed by atoms with E-state index >= 15 is 0 Å². The van der Waals surface area contributed by atoms with Crippen molar-refractivity contribution in [3.8, 4) is 0 Å². The Hall–Kier alpha value is -1.30. The van der Waals surface area contributed by atoms with Gasteiger partial charge in [-0.25, -0.2) is 4.98 Å². The highest BCUT2D eigenvalue weighted by Gasteiger charge is 2.24. The molecule has 1 aromatic rings. The van der Waals surface area contributed by atoms with Gasteiger partial charge in [-0.05, 0) is 33.1 Å². The lowest BCUT2D eigenvalue weighted by Crippen LogP contribution is -2.35. The molecule has 1 heterocycles. The summed E-state index contributed by atoms with van der Waals surface area (Å²) < 4.78 is 0. The van der Waals surface area contributed by atoms with E-state index in [1.807, 2.05) is 7.05 Å². The van der Waals surface area contributed by atoms with Gasteiger partial charge in [-0.3, -0.25) is 4.79 Å². The van der Waals surface area contributed by atoms with Crippen molar-refractivity contribution in [1.29, 1.82) is 0 Å². The molecule has 0 saturated carbocycles. The Morgan fingerprint density at radius 1 is 1.29 bits per heavy atom. The predicted molar refractivity (Wildman–Crippen MR) is 91.1 cm³/mol. The van der Waals surface area contributed by atoms with Crippen molar-refractivity contribution in [3.05, 3.63) is 4.88 Å². The molecule has 0 aliphatic heterocycles. The second-order valence-electron chi connectivity index (χ2n) is 5.78. The number of nitrogens with two attached hydrogens (primary N) is 1. The number of rotatable bonds is 7. The molecule has 0 radical (unpaired) electrons. The van der Waals surface area contributed by atoms with Crippen molar-refractivity contribution in [2.75, 3.05) is 30.8 Å². The van der Waals surface area contributed by atoms with Crippen molar-refractivity contribution < 1.29 is 4.79 Å². The number of amides is 1. The summed E-state index contributed by atoms with van der Waals surface area (Å²) in [6, 6.07) is 0.191. The minimum absolute atomic E-state index is 0.0310. The van der Waals surface area contributed by atoms with Crippen molar-refractivity contribution in [3.63, 3.8) is 0 Å². The third kappa shape index (κ3) is 4.33. The Balaban J connectivity index is 2.92. The zero-order valence-corrected chi connectivity index (χ0v) is 14.8. The van der Waals surface area contributed by atoms with Crippen LogP contribution < -0.4 is 10.6 Å². The van der Waals surface area contributed by atoms with Crippen molar-refractivity contribution >= 4 is 28.2 Å². The molecule has 2 N–H and O–H groups in total. The van der Waals surface area contributed by atoms with Gasteiger partial charge in [0.25, 0.3) is 5.91 Å². The van der Waals surface area contributed by atoms with Gasteiger partial charge in [-0.15, -0.1) is 0 Å². The van der Waals surface area contributed by atoms with Crippen molar-refractivity contribution in [1.82, 2.24) is 9.88 Å². The highest BCUT2D eigenvalue weighted by Crippen LogP contribution is 2.29. The lowest BCUT2D eigenvalue weighted by Gasteiger charge is -2.25. The van der Waals surface area contributed by atoms with Gasteiger partial charge in [0.15, 0.2) is 5.13 Å². The van der Waals surface area contributed by atoms with Gasteiger partial charge >= 0.3 is 0 Å². The van der Waals surface area contributed by atoms with Gasteiger partial charge in [0, 0.05) is 26.2 Å². The molecule has 120 valence electrons. The molecule has 1 atom stereocenters. The third-order valence-electron chi connectivity index (χ3n) is 3.66. The number of anilines is 2. The summed E-state index contributed by atoms with van der Waals surface area (Å²) in [6.45, 7) is 12.2. The number of carbonyl (C=O) groups is 1. The maximum atomic E-state index is 12.6. The molecule has 0 spiro atoms. The first-order valence-corrected chi connectivity index (χ1v) is 8.41. The second-order valence-corrected chi connectivity index (χ2v) is 6.76. The fraction of sp³-hybridized carbons (Fsp3) is 0.733. The molecule has 5 nitrogen and oxygen atoms in total. The van der Waals surface area contributed by atoms with Gasteiger partial charge < -0.3 is 15.5 Å². The molecule has 0 fully saturated rings. The van der Waals surface area contributed by atoms with Crippen LogP contribution in [0.3, 0.4) is 0 Å². The molecule has 1 aromatic heterocycles. The van der Waals surface area contributed by atoms with Gasteiger partial charge in [0.1, 0.15) is 10.7 Å². The predicted octanol–water partition coefficient (Wildman–Crippen LogP) is 3.08. The normalized spacial score (nSPS) is 12.5. The topological polar surface area (TPSA) is 62.5 Å². The minimum Gasteiger partial charge on any atom is -0.382 e. The molecule has 1 rings (SSSR count). The van der Waals surface area contributed by atoms with Crippen LogP contribution in [0.2, 0.25) is 0 Å². The van der Waals surface area contributed by atoms with Crippen LogP contribution in [0, 0.1) is 5.92 Å². The zero-order chi connectivity index (χ0) is 16.2. The summed E-state index contributed by atoms with van der Waals surface area (Å²) in [4.78, 5) is 21.4. The Labute approximate surface area is 132 Å². The Bertz CT molecular complexity index is 468. The number of thiazole rings is 1. The Morgan fingerprint density at radius 3 is 2.33 bits per heavy atom. The summed E-state index contributed by atoms with van der Waals surface area (Å²) in [5.74, 6) is 0.868. The molecule has 0 aliphatic rings. The van der Waals surface area contributed by atoms with E-state index in [0.29, 0.717) is 16.6 Å². The van der Waals surface area contributed by atoms with E-state index in [0.717, 1.165) is 24.6 Å². The SMILES string of the molecule is CCN(CC)c1nc(N)c(C(=O)N(C)C(C)CC(C)C)s1. The van der Waals surface area contributed by atoms with Crippen LogP contribution in [0.25, 0.3) is 0 Å². The average Bonchev–Trinajstić information content (AvgIpc) is 2.79. The smallest absolute Gasteiger partial charge is 0.267 e. The van der Waals surface area contributed by atoms with Crippen molar-refractivity contribution in [2.45, 2.75) is 47.1 Å². The molecule has 6 heteroatoms. The number of carbonyl (C=O) groups excluding carboxylic acids is 1. The van der Waals surface area contributed by atoms with Crippen LogP contribution in [0.1, 0.15) is 50.7 Å². The van der Waals surface area contributed by atoms with Gasteiger partial charge in [0.2, 0.25) is 0 Å². The van der Waals surface area contributed by atoms with Crippen LogP contribution in [0.4, 0.5) is 10.9 Å². The molecule has 1 amide bonds. The molecule has 1 unspecified atom stereocenters. The van der Waals surface area contributed by atoms with Crippen LogP contribution in [0.5, 0.6) is 0 Å². The van der Waals surface area contributed by atoms with Crippen LogP contribution >= 0.6 is 11.3 Å². The monoisotopic (exact) mass is 312 g/mol. The Morgan fingerprint density at radius 2 is 1.86 bits per heavy atom. The summed E-state index contributed by atoms with van der Waals surface area (Å²) in [5, 5.41) is 0.825. The quantitative estimate of drug-likeness (QED) is 0.840. The van der Waals surface area contributed by atoms with Crippen LogP contribution in [-0.2, 0) is 0 Å². The average molecular weight is 312 g/mol. The fourth-order valence-electron chi connectivity index (χ4n) is 2.30. The maximum absolute atomic E-state index is 12.6. The summed E-state index contributed by atoms with van der Waals surface area (Å²) in [7, 11) is 1.84. The van der Waals surface area contributed by atoms with E-state index in [4.69, 9.17) is 5.73 Å². The summed E-state index contributed by atoms with van der Waals surface area (Å²) >= 11 is 1.39. The van der Waals surface area contributed by atoms with E-state index in [1.54, 1.807) is 4.90 Å². The number of nitrogens with zero attached hydrogens (tertiary/aromatic N) is 3. The summed E-state index contributed by atoms with van der Waals surface area (Å²) in [5.41, 5.74) is 5.95. The number of hydrogen-bond acceptors (Lipinski definition) is 5. The maximum Gasteiger partial charge on any atom is 0.267 e. The Kier molecular flexibility index (Phi) is 6.45. The van der Waals surface area contributed by atoms with E-state index < -0.39 is 0 Å². The third-order valence-corrected chi connectivity index (χ3v) is 4.78. The first-order valence-electron chi connectivity index (χ1n) is 7.60. The molecule has 0 aromatic carbocycles. The summed E-state index contributed by atoms with van der Waals surface area (Å²) in [6.07, 6.45) is 0.976. The number of hydrogen-bond donors (Lipinski definition) is 1. The van der Waals surface area contributed by atoms with E-state index in [-0.39, 0.29) is 11.9 Å². The van der Waals surface area contributed by atoms with Gasteiger partial charge in [-0.2, -0.15) is 0 Å². The fourth-order valence-corrected chi connectivity index (χ4v) is 3.40. The van der Waals surface area contributed by atoms with Crippen molar-refractivity contribution in [2.24, 2.45) is 5.92 Å². The van der Waals surface area contributed by atoms with Crippen LogP contribution in [0.15, 0.2) is 0 Å². The van der Waals surface area contributed by atoms with E-state index in [1.165, 1.54) is 11.3 Å². The molecule has 21 heavy (non-hydrogen) atoms. The number of aromatic nitrogens is 1. The van der Waals surface area contributed by atoms with Crippen LogP contribution in [-0.4, -0.2) is 42.0 Å². The minimum atomic E-state index is -0.0310. The largest absolute Gasteiger partial charge is 0.382 e. The molecule has 0 saturated heterocycles. The second kappa shape index (κ2) is 7.64. The highest BCUT2D eigenvalue weighted by molar-refractivity contribution is 7.18. The zero-order valence-electron chi connectivity index (χ0n) is 14.0. The molecular weight excluding hydrogens is 284 g/mol. The molecule has 0 aliphatic carbocycles. The highest BCUT2D eigenvalue weighted by atomic mass is 32.1. The van der Waals surface area contributed by atoms with E-state index in [9.17, 15) is 4.79 Å². The lowest BCUT2D eigenvalue weighted by atomic mass is 10.0. The molecule has 0 bridgehead atoms. The standard InChI is InChI=1S/C15H28N4OS/c1-7-19(8-2)15-17-13(16)12(21-15)14(20)18(6)11(5)9-10(3)4/h10-11H,7-9,16H2,1-6H3. The first-order chi connectivity index (χ1) is 9.81. The van der Waals surface area contributed by atoms with E-state index in [2.05, 4.69) is 44.5 Å². The molecular formula is C15H28N4OS. The first kappa shape index (κ1) is 17.8.